The van der Waals surface area contributed by atoms with E-state index in [0.29, 0.717) is 23.1 Å². The van der Waals surface area contributed by atoms with Crippen LogP contribution in [0.2, 0.25) is 0 Å². The van der Waals surface area contributed by atoms with Gasteiger partial charge in [0.25, 0.3) is 11.6 Å². The van der Waals surface area contributed by atoms with Crippen molar-refractivity contribution in [3.8, 4) is 17.1 Å². The molecule has 0 bridgehead atoms. The standard InChI is InChI=1S/C20H20N6O4S/c1-3-25-19(14-8-10-16(30-2)11-9-14)23-24-20(25)31-13-18(27)22-21-12-15-6-4-5-7-17(15)26(28)29/h4-12H,3,13H2,1-2H3,(H,22,27)/b21-12+. The molecule has 0 aliphatic carbocycles. The Bertz CT molecular complexity index is 1100. The molecule has 160 valence electrons. The van der Waals surface area contributed by atoms with Crippen LogP contribution in [0, 0.1) is 10.1 Å². The molecule has 1 aromatic heterocycles. The summed E-state index contributed by atoms with van der Waals surface area (Å²) in [5, 5.41) is 23.9. The summed E-state index contributed by atoms with van der Waals surface area (Å²) < 4.78 is 7.09. The van der Waals surface area contributed by atoms with Gasteiger partial charge in [-0.2, -0.15) is 5.10 Å². The van der Waals surface area contributed by atoms with Gasteiger partial charge in [0.05, 0.1) is 29.6 Å². The van der Waals surface area contributed by atoms with Gasteiger partial charge in [-0.05, 0) is 37.3 Å². The summed E-state index contributed by atoms with van der Waals surface area (Å²) >= 11 is 1.23. The number of rotatable bonds is 9. The Morgan fingerprint density at radius 1 is 1.26 bits per heavy atom. The first-order valence-electron chi connectivity index (χ1n) is 9.29. The zero-order valence-electron chi connectivity index (χ0n) is 16.9. The lowest BCUT2D eigenvalue weighted by Crippen LogP contribution is -2.20. The fourth-order valence-corrected chi connectivity index (χ4v) is 3.53. The molecule has 3 aromatic rings. The number of nitrogens with one attached hydrogen (secondary N) is 1. The molecule has 0 spiro atoms. The van der Waals surface area contributed by atoms with Crippen LogP contribution in [0.25, 0.3) is 11.4 Å². The van der Waals surface area contributed by atoms with Crippen LogP contribution in [-0.2, 0) is 11.3 Å². The van der Waals surface area contributed by atoms with Crippen LogP contribution in [0.5, 0.6) is 5.75 Å². The van der Waals surface area contributed by atoms with E-state index in [1.54, 1.807) is 25.3 Å². The van der Waals surface area contributed by atoms with Crippen molar-refractivity contribution in [3.05, 3.63) is 64.2 Å². The van der Waals surface area contributed by atoms with Gasteiger partial charge >= 0.3 is 0 Å². The third-order valence-electron chi connectivity index (χ3n) is 4.24. The Labute approximate surface area is 182 Å². The number of ether oxygens (including phenoxy) is 1. The fraction of sp³-hybridized carbons (Fsp3) is 0.200. The van der Waals surface area contributed by atoms with Gasteiger partial charge in [0.2, 0.25) is 0 Å². The lowest BCUT2D eigenvalue weighted by atomic mass is 10.2. The predicted molar refractivity (Wildman–Crippen MR) is 117 cm³/mol. The maximum absolute atomic E-state index is 12.1. The van der Waals surface area contributed by atoms with Gasteiger partial charge in [-0.15, -0.1) is 10.2 Å². The number of carbonyl (C=O) groups is 1. The Kier molecular flexibility index (Phi) is 7.33. The fourth-order valence-electron chi connectivity index (χ4n) is 2.73. The van der Waals surface area contributed by atoms with Crippen molar-refractivity contribution in [3.63, 3.8) is 0 Å². The molecule has 0 fully saturated rings. The number of thioether (sulfide) groups is 1. The van der Waals surface area contributed by atoms with Crippen molar-refractivity contribution in [1.82, 2.24) is 20.2 Å². The maximum atomic E-state index is 12.1. The van der Waals surface area contributed by atoms with Crippen molar-refractivity contribution in [2.45, 2.75) is 18.6 Å². The van der Waals surface area contributed by atoms with Crippen molar-refractivity contribution in [2.75, 3.05) is 12.9 Å². The molecular formula is C20H20N6O4S. The number of hydrogen-bond acceptors (Lipinski definition) is 8. The minimum atomic E-state index is -0.503. The van der Waals surface area contributed by atoms with E-state index in [9.17, 15) is 14.9 Å². The van der Waals surface area contributed by atoms with E-state index in [-0.39, 0.29) is 17.3 Å². The average molecular weight is 440 g/mol. The number of nitrogens with zero attached hydrogens (tertiary/aromatic N) is 5. The van der Waals surface area contributed by atoms with Gasteiger partial charge in [0, 0.05) is 18.2 Å². The SMILES string of the molecule is CCn1c(SCC(=O)N/N=C/c2ccccc2[N+](=O)[O-])nnc1-c1ccc(OC)cc1. The average Bonchev–Trinajstić information content (AvgIpc) is 3.21. The Balaban J connectivity index is 1.61. The van der Waals surface area contributed by atoms with Crippen molar-refractivity contribution < 1.29 is 14.5 Å². The molecule has 10 nitrogen and oxygen atoms in total. The number of methoxy groups -OCH3 is 1. The van der Waals surface area contributed by atoms with Crippen LogP contribution >= 0.6 is 11.8 Å². The zero-order chi connectivity index (χ0) is 22.2. The van der Waals surface area contributed by atoms with Crippen molar-refractivity contribution in [1.29, 1.82) is 0 Å². The van der Waals surface area contributed by atoms with E-state index < -0.39 is 4.92 Å². The van der Waals surface area contributed by atoms with Gasteiger partial charge in [0.15, 0.2) is 11.0 Å². The van der Waals surface area contributed by atoms with Crippen LogP contribution in [0.4, 0.5) is 5.69 Å². The number of nitro groups is 1. The molecule has 0 unspecified atom stereocenters. The molecule has 1 heterocycles. The summed E-state index contributed by atoms with van der Waals surface area (Å²) in [6, 6.07) is 13.6. The van der Waals surface area contributed by atoms with E-state index in [1.165, 1.54) is 24.0 Å². The molecule has 1 N–H and O–H groups in total. The van der Waals surface area contributed by atoms with Crippen molar-refractivity contribution >= 4 is 29.6 Å². The summed E-state index contributed by atoms with van der Waals surface area (Å²) in [6.45, 7) is 2.60. The number of para-hydroxylation sites is 1. The van der Waals surface area contributed by atoms with Crippen LogP contribution in [0.3, 0.4) is 0 Å². The number of nitro benzene ring substituents is 1. The van der Waals surface area contributed by atoms with E-state index in [2.05, 4.69) is 20.7 Å². The summed E-state index contributed by atoms with van der Waals surface area (Å²) in [5.74, 6) is 1.15. The smallest absolute Gasteiger partial charge is 0.278 e. The molecule has 31 heavy (non-hydrogen) atoms. The van der Waals surface area contributed by atoms with Crippen molar-refractivity contribution in [2.24, 2.45) is 5.10 Å². The number of benzene rings is 2. The summed E-state index contributed by atoms with van der Waals surface area (Å²) in [6.07, 6.45) is 1.25. The molecular weight excluding hydrogens is 420 g/mol. The second-order valence-electron chi connectivity index (χ2n) is 6.18. The van der Waals surface area contributed by atoms with Gasteiger partial charge in [0.1, 0.15) is 5.75 Å². The molecule has 0 atom stereocenters. The first-order valence-corrected chi connectivity index (χ1v) is 10.3. The minimum absolute atomic E-state index is 0.0645. The Hall–Kier alpha value is -3.73. The molecule has 2 aromatic carbocycles. The first-order chi connectivity index (χ1) is 15.0. The lowest BCUT2D eigenvalue weighted by Gasteiger charge is -2.07. The summed E-state index contributed by atoms with van der Waals surface area (Å²) in [7, 11) is 1.61. The lowest BCUT2D eigenvalue weighted by molar-refractivity contribution is -0.385. The highest BCUT2D eigenvalue weighted by atomic mass is 32.2. The Morgan fingerprint density at radius 3 is 2.68 bits per heavy atom. The quantitative estimate of drug-likeness (QED) is 0.235. The molecule has 0 radical (unpaired) electrons. The minimum Gasteiger partial charge on any atom is -0.497 e. The van der Waals surface area contributed by atoms with E-state index >= 15 is 0 Å². The molecule has 11 heteroatoms. The van der Waals surface area contributed by atoms with Gasteiger partial charge in [-0.3, -0.25) is 14.9 Å². The number of aromatic nitrogens is 3. The summed E-state index contributed by atoms with van der Waals surface area (Å²) in [4.78, 5) is 22.6. The maximum Gasteiger partial charge on any atom is 0.278 e. The Morgan fingerprint density at radius 2 is 2.00 bits per heavy atom. The number of hydrogen-bond donors (Lipinski definition) is 1. The van der Waals surface area contributed by atoms with Gasteiger partial charge in [-0.25, -0.2) is 5.43 Å². The third-order valence-corrected chi connectivity index (χ3v) is 5.21. The highest BCUT2D eigenvalue weighted by Gasteiger charge is 2.15. The summed E-state index contributed by atoms with van der Waals surface area (Å²) in [5.41, 5.74) is 3.48. The number of amides is 1. The van der Waals surface area contributed by atoms with E-state index in [1.807, 2.05) is 35.8 Å². The van der Waals surface area contributed by atoms with Gasteiger partial charge < -0.3 is 9.30 Å². The highest BCUT2D eigenvalue weighted by molar-refractivity contribution is 7.99. The topological polar surface area (TPSA) is 125 Å². The second kappa shape index (κ2) is 10.3. The second-order valence-corrected chi connectivity index (χ2v) is 7.12. The van der Waals surface area contributed by atoms with Crippen LogP contribution in [-0.4, -0.2) is 44.7 Å². The molecule has 0 saturated carbocycles. The van der Waals surface area contributed by atoms with Crippen LogP contribution in [0.1, 0.15) is 12.5 Å². The normalized spacial score (nSPS) is 10.9. The molecule has 0 saturated heterocycles. The number of hydrazone groups is 1. The van der Waals surface area contributed by atoms with E-state index in [4.69, 9.17) is 4.74 Å². The first kappa shape index (κ1) is 22.0. The molecule has 3 rings (SSSR count). The predicted octanol–water partition coefficient (Wildman–Crippen LogP) is 3.12. The highest BCUT2D eigenvalue weighted by Crippen LogP contribution is 2.25. The molecule has 0 aliphatic rings. The monoisotopic (exact) mass is 440 g/mol. The van der Waals surface area contributed by atoms with E-state index in [0.717, 1.165) is 11.3 Å². The third kappa shape index (κ3) is 5.45. The molecule has 1 amide bonds. The number of carbonyl (C=O) groups excluding carboxylic acids is 1. The zero-order valence-corrected chi connectivity index (χ0v) is 17.7. The largest absolute Gasteiger partial charge is 0.497 e. The van der Waals surface area contributed by atoms with Crippen LogP contribution in [0.15, 0.2) is 58.8 Å². The molecule has 0 aliphatic heterocycles. The van der Waals surface area contributed by atoms with Crippen LogP contribution < -0.4 is 10.2 Å². The van der Waals surface area contributed by atoms with Gasteiger partial charge in [-0.1, -0.05) is 23.9 Å².